The van der Waals surface area contributed by atoms with E-state index in [9.17, 15) is 9.59 Å². The lowest BCUT2D eigenvalue weighted by Gasteiger charge is -2.18. The first-order valence-electron chi connectivity index (χ1n) is 10.1. The Morgan fingerprint density at radius 1 is 1.10 bits per heavy atom. The van der Waals surface area contributed by atoms with Gasteiger partial charge in [-0.05, 0) is 31.5 Å². The number of aryl methyl sites for hydroxylation is 2. The molecule has 0 unspecified atom stereocenters. The maximum atomic E-state index is 13.0. The summed E-state index contributed by atoms with van der Waals surface area (Å²) in [4.78, 5) is 32.0. The highest BCUT2D eigenvalue weighted by atomic mass is 16.2. The quantitative estimate of drug-likeness (QED) is 0.684. The van der Waals surface area contributed by atoms with E-state index in [1.807, 2.05) is 56.3 Å². The molecule has 2 heterocycles. The minimum atomic E-state index is -0.255. The van der Waals surface area contributed by atoms with E-state index in [1.165, 1.54) is 0 Å². The maximum absolute atomic E-state index is 13.0. The smallest absolute Gasteiger partial charge is 0.251 e. The van der Waals surface area contributed by atoms with Crippen molar-refractivity contribution in [3.8, 4) is 0 Å². The molecule has 2 atom stereocenters. The Bertz CT molecular complexity index is 1050. The Balaban J connectivity index is 1.51. The van der Waals surface area contributed by atoms with Crippen molar-refractivity contribution < 1.29 is 9.59 Å². The molecule has 1 aliphatic rings. The normalized spacial score (nSPS) is 18.4. The fourth-order valence-corrected chi connectivity index (χ4v) is 3.89. The fraction of sp³-hybridized carbons (Fsp3) is 0.304. The van der Waals surface area contributed by atoms with E-state index in [0.29, 0.717) is 36.7 Å². The number of amides is 2. The number of aromatic amines is 1. The van der Waals surface area contributed by atoms with E-state index in [-0.39, 0.29) is 23.8 Å². The van der Waals surface area contributed by atoms with Gasteiger partial charge in [-0.25, -0.2) is 4.98 Å². The van der Waals surface area contributed by atoms with Crippen molar-refractivity contribution in [3.05, 3.63) is 82.9 Å². The van der Waals surface area contributed by atoms with Crippen LogP contribution < -0.4 is 5.32 Å². The third-order valence-corrected chi connectivity index (χ3v) is 5.41. The molecule has 3 aromatic rings. The summed E-state index contributed by atoms with van der Waals surface area (Å²) in [5, 5.41) is 10.2. The number of hydrogen-bond acceptors (Lipinski definition) is 4. The van der Waals surface area contributed by atoms with Crippen molar-refractivity contribution in [2.45, 2.75) is 32.2 Å². The zero-order valence-corrected chi connectivity index (χ0v) is 17.1. The number of nitrogens with zero attached hydrogens (tertiary/aromatic N) is 3. The second-order valence-corrected chi connectivity index (χ2v) is 7.80. The van der Waals surface area contributed by atoms with Gasteiger partial charge in [0.25, 0.3) is 5.91 Å². The molecule has 2 aromatic carbocycles. The van der Waals surface area contributed by atoms with E-state index < -0.39 is 0 Å². The van der Waals surface area contributed by atoms with E-state index in [2.05, 4.69) is 20.5 Å². The number of rotatable bonds is 5. The Kier molecular flexibility index (Phi) is 5.61. The molecular weight excluding hydrogens is 378 g/mol. The van der Waals surface area contributed by atoms with Gasteiger partial charge in [0.15, 0.2) is 5.82 Å². The van der Waals surface area contributed by atoms with Gasteiger partial charge in [-0.1, -0.05) is 48.0 Å². The Hall–Kier alpha value is -3.48. The lowest BCUT2D eigenvalue weighted by molar-refractivity contribution is -0.129. The van der Waals surface area contributed by atoms with Crippen molar-refractivity contribution >= 4 is 11.8 Å². The second kappa shape index (κ2) is 8.49. The largest absolute Gasteiger partial charge is 0.347 e. The number of aromatic nitrogens is 3. The molecular formula is C23H25N5O2. The molecule has 0 spiro atoms. The molecule has 2 N–H and O–H groups in total. The topological polar surface area (TPSA) is 91.0 Å². The Morgan fingerprint density at radius 2 is 1.90 bits per heavy atom. The van der Waals surface area contributed by atoms with Crippen LogP contribution in [0.5, 0.6) is 0 Å². The molecule has 0 radical (unpaired) electrons. The van der Waals surface area contributed by atoms with Crippen LogP contribution in [0.15, 0.2) is 54.6 Å². The first kappa shape index (κ1) is 19.8. The van der Waals surface area contributed by atoms with Crippen LogP contribution in [-0.4, -0.2) is 51.0 Å². The fourth-order valence-electron chi connectivity index (χ4n) is 3.89. The molecule has 30 heavy (non-hydrogen) atoms. The molecule has 1 fully saturated rings. The number of nitrogens with one attached hydrogen (secondary N) is 2. The summed E-state index contributed by atoms with van der Waals surface area (Å²) < 4.78 is 0. The third kappa shape index (κ3) is 4.40. The van der Waals surface area contributed by atoms with Gasteiger partial charge in [-0.3, -0.25) is 14.7 Å². The summed E-state index contributed by atoms with van der Waals surface area (Å²) in [6.07, 6.45) is 0.334. The highest BCUT2D eigenvalue weighted by Gasteiger charge is 2.39. The van der Waals surface area contributed by atoms with Gasteiger partial charge >= 0.3 is 0 Å². The van der Waals surface area contributed by atoms with Crippen molar-refractivity contribution in [2.24, 2.45) is 0 Å². The zero-order chi connectivity index (χ0) is 21.1. The highest BCUT2D eigenvalue weighted by molar-refractivity contribution is 5.94. The van der Waals surface area contributed by atoms with Gasteiger partial charge < -0.3 is 10.2 Å². The van der Waals surface area contributed by atoms with Crippen molar-refractivity contribution in [1.29, 1.82) is 0 Å². The molecule has 1 aromatic heterocycles. The summed E-state index contributed by atoms with van der Waals surface area (Å²) in [6.45, 7) is 4.76. The Labute approximate surface area is 175 Å². The lowest BCUT2D eigenvalue weighted by Crippen LogP contribution is -2.40. The number of carbonyl (C=O) groups excluding carboxylic acids is 2. The van der Waals surface area contributed by atoms with Crippen LogP contribution in [0.25, 0.3) is 0 Å². The second-order valence-electron chi connectivity index (χ2n) is 7.80. The van der Waals surface area contributed by atoms with Crippen LogP contribution in [0, 0.1) is 13.8 Å². The van der Waals surface area contributed by atoms with Gasteiger partial charge in [0.05, 0.1) is 18.4 Å². The van der Waals surface area contributed by atoms with Gasteiger partial charge in [-0.15, -0.1) is 0 Å². The van der Waals surface area contributed by atoms with Crippen LogP contribution >= 0.6 is 0 Å². The van der Waals surface area contributed by atoms with E-state index >= 15 is 0 Å². The summed E-state index contributed by atoms with van der Waals surface area (Å²) in [5.41, 5.74) is 2.71. The molecule has 1 aliphatic heterocycles. The van der Waals surface area contributed by atoms with E-state index in [4.69, 9.17) is 0 Å². The number of likely N-dealkylation sites (tertiary alicyclic amines) is 1. The SMILES string of the molecule is Cc1cccc(CC(=O)N2C[C@@H](NC(=O)c3ccccc3)[C@H](c3n[nH]c(C)n3)C2)c1. The minimum absolute atomic E-state index is 0.0364. The molecule has 4 rings (SSSR count). The van der Waals surface area contributed by atoms with Gasteiger partial charge in [0.2, 0.25) is 5.91 Å². The predicted molar refractivity (Wildman–Crippen MR) is 113 cm³/mol. The van der Waals surface area contributed by atoms with Gasteiger partial charge in [0.1, 0.15) is 5.82 Å². The summed E-state index contributed by atoms with van der Waals surface area (Å²) in [5.74, 6) is 1.05. The summed E-state index contributed by atoms with van der Waals surface area (Å²) in [6, 6.07) is 16.8. The minimum Gasteiger partial charge on any atom is -0.347 e. The van der Waals surface area contributed by atoms with Crippen LogP contribution in [0.2, 0.25) is 0 Å². The molecule has 2 amide bonds. The van der Waals surface area contributed by atoms with Crippen LogP contribution in [0.3, 0.4) is 0 Å². The van der Waals surface area contributed by atoms with Crippen molar-refractivity contribution in [1.82, 2.24) is 25.4 Å². The van der Waals surface area contributed by atoms with Crippen LogP contribution in [0.1, 0.15) is 39.1 Å². The highest BCUT2D eigenvalue weighted by Crippen LogP contribution is 2.26. The van der Waals surface area contributed by atoms with E-state index in [0.717, 1.165) is 11.1 Å². The number of H-pyrrole nitrogens is 1. The number of carbonyl (C=O) groups is 2. The van der Waals surface area contributed by atoms with E-state index in [1.54, 1.807) is 17.0 Å². The molecule has 0 aliphatic carbocycles. The zero-order valence-electron chi connectivity index (χ0n) is 17.1. The summed E-state index contributed by atoms with van der Waals surface area (Å²) >= 11 is 0. The first-order chi connectivity index (χ1) is 14.5. The average Bonchev–Trinajstić information content (AvgIpc) is 3.35. The molecule has 1 saturated heterocycles. The monoisotopic (exact) mass is 403 g/mol. The van der Waals surface area contributed by atoms with Crippen LogP contribution in [-0.2, 0) is 11.2 Å². The third-order valence-electron chi connectivity index (χ3n) is 5.41. The molecule has 7 heteroatoms. The van der Waals surface area contributed by atoms with Crippen LogP contribution in [0.4, 0.5) is 0 Å². The molecule has 154 valence electrons. The molecule has 7 nitrogen and oxygen atoms in total. The Morgan fingerprint density at radius 3 is 2.60 bits per heavy atom. The average molecular weight is 403 g/mol. The molecule has 0 saturated carbocycles. The van der Waals surface area contributed by atoms with Gasteiger partial charge in [-0.2, -0.15) is 5.10 Å². The maximum Gasteiger partial charge on any atom is 0.251 e. The number of hydrogen-bond donors (Lipinski definition) is 2. The van der Waals surface area contributed by atoms with Crippen molar-refractivity contribution in [2.75, 3.05) is 13.1 Å². The standard InChI is InChI=1S/C23H25N5O2/c1-15-7-6-8-17(11-15)12-21(29)28-13-19(22-24-16(2)26-27-22)20(14-28)25-23(30)18-9-4-3-5-10-18/h3-11,19-20H,12-14H2,1-2H3,(H,25,30)(H,24,26,27)/t19-,20-/m1/s1. The molecule has 0 bridgehead atoms. The lowest BCUT2D eigenvalue weighted by atomic mass is 10.0. The van der Waals surface area contributed by atoms with Crippen molar-refractivity contribution in [3.63, 3.8) is 0 Å². The van der Waals surface area contributed by atoms with Gasteiger partial charge in [0, 0.05) is 18.7 Å². The number of benzene rings is 2. The first-order valence-corrected chi connectivity index (χ1v) is 10.1. The predicted octanol–water partition coefficient (Wildman–Crippen LogP) is 2.39. The summed E-state index contributed by atoms with van der Waals surface area (Å²) in [7, 11) is 0.